The number of aryl methyl sites for hydroxylation is 2. The fraction of sp³-hybridized carbons (Fsp3) is 0.188. The molecule has 1 aromatic carbocycles. The zero-order chi connectivity index (χ0) is 15.0. The van der Waals surface area contributed by atoms with Crippen molar-refractivity contribution in [3.8, 4) is 0 Å². The molecule has 0 spiro atoms. The molecule has 0 saturated carbocycles. The molecule has 0 bridgehead atoms. The van der Waals surface area contributed by atoms with Crippen molar-refractivity contribution in [2.45, 2.75) is 19.9 Å². The van der Waals surface area contributed by atoms with Crippen LogP contribution in [-0.4, -0.2) is 4.98 Å². The largest absolute Gasteiger partial charge is 0.456 e. The van der Waals surface area contributed by atoms with Crippen LogP contribution in [0.15, 0.2) is 40.8 Å². The smallest absolute Gasteiger partial charge is 0.169 e. The first-order valence-electron chi connectivity index (χ1n) is 6.68. The molecule has 1 atom stereocenters. The lowest BCUT2D eigenvalue weighted by Gasteiger charge is -2.14. The lowest BCUT2D eigenvalue weighted by Crippen LogP contribution is -2.28. The van der Waals surface area contributed by atoms with E-state index in [1.165, 1.54) is 6.07 Å². The molecule has 0 aliphatic rings. The second kappa shape index (κ2) is 5.27. The van der Waals surface area contributed by atoms with Gasteiger partial charge in [-0.15, -0.1) is 0 Å². The van der Waals surface area contributed by atoms with Crippen LogP contribution in [0, 0.1) is 19.7 Å². The molecule has 2 aromatic heterocycles. The standard InChI is InChI=1S/C16H16FN3O/c1-9-6-12(7-10(2)19-9)15(20-18)14-8-11-4-3-5-13(17)16(11)21-14/h3-8,15,20H,18H2,1-2H3. The molecule has 108 valence electrons. The number of rotatable bonds is 3. The number of aromatic nitrogens is 1. The first-order chi connectivity index (χ1) is 10.1. The highest BCUT2D eigenvalue weighted by atomic mass is 19.1. The van der Waals surface area contributed by atoms with Gasteiger partial charge in [-0.2, -0.15) is 0 Å². The van der Waals surface area contributed by atoms with Gasteiger partial charge in [0, 0.05) is 16.8 Å². The fourth-order valence-corrected chi connectivity index (χ4v) is 2.57. The van der Waals surface area contributed by atoms with E-state index in [0.717, 1.165) is 17.0 Å². The maximum absolute atomic E-state index is 13.7. The predicted octanol–water partition coefficient (Wildman–Crippen LogP) is 3.14. The monoisotopic (exact) mass is 285 g/mol. The first kappa shape index (κ1) is 13.7. The number of nitrogens with zero attached hydrogens (tertiary/aromatic N) is 1. The van der Waals surface area contributed by atoms with Gasteiger partial charge in [0.25, 0.3) is 0 Å². The maximum atomic E-state index is 13.7. The van der Waals surface area contributed by atoms with Gasteiger partial charge in [-0.1, -0.05) is 12.1 Å². The van der Waals surface area contributed by atoms with Gasteiger partial charge in [0.15, 0.2) is 11.4 Å². The summed E-state index contributed by atoms with van der Waals surface area (Å²) < 4.78 is 19.4. The van der Waals surface area contributed by atoms with Gasteiger partial charge in [0.1, 0.15) is 11.8 Å². The van der Waals surface area contributed by atoms with Crippen molar-refractivity contribution in [1.29, 1.82) is 0 Å². The van der Waals surface area contributed by atoms with Gasteiger partial charge in [0.05, 0.1) is 0 Å². The number of hydrogen-bond donors (Lipinski definition) is 2. The molecule has 3 N–H and O–H groups in total. The van der Waals surface area contributed by atoms with Crippen LogP contribution in [0.25, 0.3) is 11.0 Å². The number of nitrogens with two attached hydrogens (primary N) is 1. The SMILES string of the molecule is Cc1cc(C(NN)c2cc3cccc(F)c3o2)cc(C)n1. The molecule has 3 rings (SSSR count). The molecule has 21 heavy (non-hydrogen) atoms. The van der Waals surface area contributed by atoms with Gasteiger partial charge in [-0.3, -0.25) is 10.8 Å². The summed E-state index contributed by atoms with van der Waals surface area (Å²) in [6, 6.07) is 10.2. The number of para-hydroxylation sites is 1. The minimum absolute atomic E-state index is 0.246. The summed E-state index contributed by atoms with van der Waals surface area (Å²) in [5.74, 6) is 5.87. The van der Waals surface area contributed by atoms with Crippen LogP contribution in [0.1, 0.15) is 28.8 Å². The number of nitrogens with one attached hydrogen (secondary N) is 1. The van der Waals surface area contributed by atoms with E-state index in [4.69, 9.17) is 10.3 Å². The lowest BCUT2D eigenvalue weighted by molar-refractivity contribution is 0.464. The Hall–Kier alpha value is -2.24. The highest BCUT2D eigenvalue weighted by molar-refractivity contribution is 5.78. The number of benzene rings is 1. The van der Waals surface area contributed by atoms with E-state index < -0.39 is 0 Å². The Morgan fingerprint density at radius 3 is 2.52 bits per heavy atom. The van der Waals surface area contributed by atoms with Crippen LogP contribution < -0.4 is 11.3 Å². The molecule has 4 nitrogen and oxygen atoms in total. The molecule has 3 aromatic rings. The Bertz CT molecular complexity index is 777. The van der Waals surface area contributed by atoms with Gasteiger partial charge in [0.2, 0.25) is 0 Å². The highest BCUT2D eigenvalue weighted by Crippen LogP contribution is 2.29. The molecular formula is C16H16FN3O. The summed E-state index contributed by atoms with van der Waals surface area (Å²) in [5, 5.41) is 0.716. The summed E-state index contributed by atoms with van der Waals surface area (Å²) in [6.45, 7) is 3.84. The Morgan fingerprint density at radius 2 is 1.90 bits per heavy atom. The van der Waals surface area contributed by atoms with Crippen LogP contribution in [0.4, 0.5) is 4.39 Å². The van der Waals surface area contributed by atoms with E-state index in [2.05, 4.69) is 10.4 Å². The highest BCUT2D eigenvalue weighted by Gasteiger charge is 2.19. The van der Waals surface area contributed by atoms with Crippen molar-refractivity contribution in [3.63, 3.8) is 0 Å². The molecule has 0 fully saturated rings. The molecule has 0 aliphatic carbocycles. The van der Waals surface area contributed by atoms with Crippen molar-refractivity contribution >= 4 is 11.0 Å². The topological polar surface area (TPSA) is 64.1 Å². The normalized spacial score (nSPS) is 12.8. The van der Waals surface area contributed by atoms with Crippen LogP contribution in [0.3, 0.4) is 0 Å². The van der Waals surface area contributed by atoms with E-state index >= 15 is 0 Å². The minimum atomic E-state index is -0.378. The van der Waals surface area contributed by atoms with Crippen molar-refractivity contribution in [2.75, 3.05) is 0 Å². The quantitative estimate of drug-likeness (QED) is 0.573. The Balaban J connectivity index is 2.11. The second-order valence-corrected chi connectivity index (χ2v) is 5.09. The van der Waals surface area contributed by atoms with E-state index in [1.807, 2.05) is 32.0 Å². The van der Waals surface area contributed by atoms with E-state index in [-0.39, 0.29) is 17.4 Å². The number of furan rings is 1. The fourth-order valence-electron chi connectivity index (χ4n) is 2.57. The van der Waals surface area contributed by atoms with Crippen molar-refractivity contribution in [2.24, 2.45) is 5.84 Å². The molecule has 0 amide bonds. The third kappa shape index (κ3) is 2.53. The summed E-state index contributed by atoms with van der Waals surface area (Å²) >= 11 is 0. The van der Waals surface area contributed by atoms with Crippen molar-refractivity contribution in [1.82, 2.24) is 10.4 Å². The Morgan fingerprint density at radius 1 is 1.19 bits per heavy atom. The molecule has 0 saturated heterocycles. The molecule has 1 unspecified atom stereocenters. The molecule has 2 heterocycles. The van der Waals surface area contributed by atoms with Gasteiger partial charge in [-0.25, -0.2) is 9.82 Å². The molecule has 5 heteroatoms. The van der Waals surface area contributed by atoms with Crippen LogP contribution in [-0.2, 0) is 0 Å². The van der Waals surface area contributed by atoms with Crippen LogP contribution >= 0.6 is 0 Å². The van der Waals surface area contributed by atoms with Crippen molar-refractivity contribution in [3.05, 3.63) is 64.9 Å². The van der Waals surface area contributed by atoms with Gasteiger partial charge >= 0.3 is 0 Å². The third-order valence-corrected chi connectivity index (χ3v) is 3.40. The number of pyridine rings is 1. The maximum Gasteiger partial charge on any atom is 0.169 e. The summed E-state index contributed by atoms with van der Waals surface area (Å²) in [7, 11) is 0. The Kier molecular flexibility index (Phi) is 3.45. The molecular weight excluding hydrogens is 269 g/mol. The second-order valence-electron chi connectivity index (χ2n) is 5.09. The van der Waals surface area contributed by atoms with Gasteiger partial charge in [-0.05, 0) is 43.7 Å². The number of fused-ring (bicyclic) bond motifs is 1. The summed E-state index contributed by atoms with van der Waals surface area (Å²) in [4.78, 5) is 4.34. The van der Waals surface area contributed by atoms with Crippen LogP contribution in [0.2, 0.25) is 0 Å². The number of halogens is 1. The third-order valence-electron chi connectivity index (χ3n) is 3.40. The average Bonchev–Trinajstić information content (AvgIpc) is 2.83. The number of hydrazine groups is 1. The molecule has 0 radical (unpaired) electrons. The zero-order valence-corrected chi connectivity index (χ0v) is 11.9. The van der Waals surface area contributed by atoms with E-state index in [0.29, 0.717) is 11.1 Å². The summed E-state index contributed by atoms with van der Waals surface area (Å²) in [5.41, 5.74) is 5.70. The zero-order valence-electron chi connectivity index (χ0n) is 11.9. The van der Waals surface area contributed by atoms with Gasteiger partial charge < -0.3 is 4.42 Å². The Labute approximate surface area is 121 Å². The number of hydrogen-bond acceptors (Lipinski definition) is 4. The average molecular weight is 285 g/mol. The molecule has 0 aliphatic heterocycles. The van der Waals surface area contributed by atoms with Crippen molar-refractivity contribution < 1.29 is 8.81 Å². The minimum Gasteiger partial charge on any atom is -0.456 e. The first-order valence-corrected chi connectivity index (χ1v) is 6.68. The van der Waals surface area contributed by atoms with E-state index in [9.17, 15) is 4.39 Å². The lowest BCUT2D eigenvalue weighted by atomic mass is 10.0. The van der Waals surface area contributed by atoms with Crippen LogP contribution in [0.5, 0.6) is 0 Å². The van der Waals surface area contributed by atoms with E-state index in [1.54, 1.807) is 12.1 Å². The predicted molar refractivity (Wildman–Crippen MR) is 79.0 cm³/mol. The summed E-state index contributed by atoms with van der Waals surface area (Å²) in [6.07, 6.45) is 0.